The van der Waals surface area contributed by atoms with Crippen LogP contribution in [0, 0.1) is 5.82 Å². The maximum atomic E-state index is 13.8. The molecule has 32 heavy (non-hydrogen) atoms. The molecule has 0 saturated heterocycles. The largest absolute Gasteiger partial charge is 0.481 e. The summed E-state index contributed by atoms with van der Waals surface area (Å²) in [7, 11) is 0. The molecule has 0 aliphatic carbocycles. The van der Waals surface area contributed by atoms with E-state index in [0.29, 0.717) is 11.3 Å². The normalized spacial score (nSPS) is 13.0. The molecular weight excluding hydrogens is 405 g/mol. The molecule has 1 aromatic heterocycles. The summed E-state index contributed by atoms with van der Waals surface area (Å²) in [5, 5.41) is 3.46. The molecule has 0 saturated carbocycles. The van der Waals surface area contributed by atoms with E-state index in [2.05, 4.69) is 34.5 Å². The maximum Gasteiger partial charge on any atom is 0.262 e. The molecule has 0 spiro atoms. The number of rotatable bonds is 5. The van der Waals surface area contributed by atoms with Gasteiger partial charge in [-0.05, 0) is 47.9 Å². The van der Waals surface area contributed by atoms with Gasteiger partial charge in [-0.25, -0.2) is 9.37 Å². The summed E-state index contributed by atoms with van der Waals surface area (Å²) in [6.07, 6.45) is 0.976. The van der Waals surface area contributed by atoms with Gasteiger partial charge in [-0.15, -0.1) is 0 Å². The van der Waals surface area contributed by atoms with E-state index in [1.165, 1.54) is 23.3 Å². The molecule has 5 rings (SSSR count). The number of nitrogens with zero attached hydrogens (tertiary/aromatic N) is 2. The first-order valence-corrected chi connectivity index (χ1v) is 10.6. The van der Waals surface area contributed by atoms with Crippen LogP contribution in [-0.4, -0.2) is 24.0 Å². The van der Waals surface area contributed by atoms with Crippen molar-refractivity contribution >= 4 is 28.3 Å². The third kappa shape index (κ3) is 4.12. The smallest absolute Gasteiger partial charge is 0.262 e. The SMILES string of the molecule is O=C(COc1cccc2ccc(N3CCc4ccccc4C3)nc12)Nc1ccccc1F. The molecule has 4 aromatic rings. The van der Waals surface area contributed by atoms with Crippen molar-refractivity contribution in [1.29, 1.82) is 0 Å². The van der Waals surface area contributed by atoms with Gasteiger partial charge in [0, 0.05) is 18.5 Å². The number of amides is 1. The van der Waals surface area contributed by atoms with E-state index in [1.807, 2.05) is 24.3 Å². The number of fused-ring (bicyclic) bond motifs is 2. The highest BCUT2D eigenvalue weighted by Gasteiger charge is 2.18. The lowest BCUT2D eigenvalue weighted by atomic mass is 10.00. The van der Waals surface area contributed by atoms with Crippen LogP contribution >= 0.6 is 0 Å². The second-order valence-corrected chi connectivity index (χ2v) is 7.75. The van der Waals surface area contributed by atoms with Gasteiger partial charge in [0.15, 0.2) is 6.61 Å². The van der Waals surface area contributed by atoms with Crippen LogP contribution in [0.5, 0.6) is 5.75 Å². The van der Waals surface area contributed by atoms with Crippen LogP contribution in [0.2, 0.25) is 0 Å². The van der Waals surface area contributed by atoms with Gasteiger partial charge in [0.25, 0.3) is 5.91 Å². The van der Waals surface area contributed by atoms with Crippen molar-refractivity contribution < 1.29 is 13.9 Å². The molecule has 1 aliphatic heterocycles. The van der Waals surface area contributed by atoms with Crippen molar-refractivity contribution in [1.82, 2.24) is 4.98 Å². The van der Waals surface area contributed by atoms with E-state index in [9.17, 15) is 9.18 Å². The predicted octanol–water partition coefficient (Wildman–Crippen LogP) is 4.95. The Morgan fingerprint density at radius 2 is 1.78 bits per heavy atom. The lowest BCUT2D eigenvalue weighted by Gasteiger charge is -2.30. The minimum atomic E-state index is -0.486. The number of carbonyl (C=O) groups excluding carboxylic acids is 1. The van der Waals surface area contributed by atoms with E-state index >= 15 is 0 Å². The van der Waals surface area contributed by atoms with Crippen molar-refractivity contribution in [2.45, 2.75) is 13.0 Å². The molecule has 1 N–H and O–H groups in total. The molecule has 0 radical (unpaired) electrons. The van der Waals surface area contributed by atoms with Gasteiger partial charge < -0.3 is 15.0 Å². The van der Waals surface area contributed by atoms with E-state index in [-0.39, 0.29) is 12.3 Å². The molecule has 1 amide bonds. The number of anilines is 2. The van der Waals surface area contributed by atoms with E-state index in [0.717, 1.165) is 30.7 Å². The molecular formula is C26H22FN3O2. The molecule has 0 bridgehead atoms. The van der Waals surface area contributed by atoms with Crippen molar-refractivity contribution in [3.05, 3.63) is 95.8 Å². The van der Waals surface area contributed by atoms with Crippen LogP contribution in [0.3, 0.4) is 0 Å². The first-order chi connectivity index (χ1) is 15.7. The van der Waals surface area contributed by atoms with E-state index in [1.54, 1.807) is 18.2 Å². The van der Waals surface area contributed by atoms with Crippen LogP contribution in [0.15, 0.2) is 78.9 Å². The number of hydrogen-bond acceptors (Lipinski definition) is 4. The average Bonchev–Trinajstić information content (AvgIpc) is 2.83. The summed E-state index contributed by atoms with van der Waals surface area (Å²) in [5.41, 5.74) is 3.52. The second-order valence-electron chi connectivity index (χ2n) is 7.75. The molecule has 6 heteroatoms. The zero-order chi connectivity index (χ0) is 21.9. The summed E-state index contributed by atoms with van der Waals surface area (Å²) in [6, 6.07) is 24.2. The molecule has 0 unspecified atom stereocenters. The summed E-state index contributed by atoms with van der Waals surface area (Å²) < 4.78 is 19.5. The average molecular weight is 427 g/mol. The number of ether oxygens (including phenoxy) is 1. The van der Waals surface area contributed by atoms with Gasteiger partial charge in [-0.1, -0.05) is 48.5 Å². The Balaban J connectivity index is 1.34. The van der Waals surface area contributed by atoms with Crippen molar-refractivity contribution in [3.63, 3.8) is 0 Å². The first kappa shape index (κ1) is 20.0. The van der Waals surface area contributed by atoms with Gasteiger partial charge >= 0.3 is 0 Å². The van der Waals surface area contributed by atoms with Crippen LogP contribution in [0.1, 0.15) is 11.1 Å². The topological polar surface area (TPSA) is 54.5 Å². The van der Waals surface area contributed by atoms with Gasteiger partial charge in [0.05, 0.1) is 5.69 Å². The third-order valence-corrected chi connectivity index (χ3v) is 5.63. The highest BCUT2D eigenvalue weighted by Crippen LogP contribution is 2.29. The Morgan fingerprint density at radius 1 is 0.969 bits per heavy atom. The first-order valence-electron chi connectivity index (χ1n) is 10.6. The fourth-order valence-corrected chi connectivity index (χ4v) is 3.99. The Kier molecular flexibility index (Phi) is 5.42. The lowest BCUT2D eigenvalue weighted by Crippen LogP contribution is -2.30. The number of benzene rings is 3. The minimum absolute atomic E-state index is 0.129. The number of para-hydroxylation sites is 2. The Morgan fingerprint density at radius 3 is 2.66 bits per heavy atom. The zero-order valence-electron chi connectivity index (χ0n) is 17.4. The maximum absolute atomic E-state index is 13.8. The minimum Gasteiger partial charge on any atom is -0.481 e. The van der Waals surface area contributed by atoms with Crippen molar-refractivity contribution in [3.8, 4) is 5.75 Å². The molecule has 3 aromatic carbocycles. The van der Waals surface area contributed by atoms with Gasteiger partial charge in [0.1, 0.15) is 22.9 Å². The van der Waals surface area contributed by atoms with Crippen LogP contribution in [-0.2, 0) is 17.8 Å². The summed E-state index contributed by atoms with van der Waals surface area (Å²) in [5.74, 6) is 0.473. The highest BCUT2D eigenvalue weighted by atomic mass is 19.1. The van der Waals surface area contributed by atoms with Crippen molar-refractivity contribution in [2.24, 2.45) is 0 Å². The number of hydrogen-bond donors (Lipinski definition) is 1. The third-order valence-electron chi connectivity index (χ3n) is 5.63. The molecule has 5 nitrogen and oxygen atoms in total. The summed E-state index contributed by atoms with van der Waals surface area (Å²) in [6.45, 7) is 1.46. The number of aromatic nitrogens is 1. The molecule has 2 heterocycles. The molecule has 0 fully saturated rings. The van der Waals surface area contributed by atoms with Crippen LogP contribution in [0.4, 0.5) is 15.9 Å². The number of nitrogens with one attached hydrogen (secondary N) is 1. The summed E-state index contributed by atoms with van der Waals surface area (Å²) in [4.78, 5) is 19.4. The number of pyridine rings is 1. The fraction of sp³-hybridized carbons (Fsp3) is 0.154. The highest BCUT2D eigenvalue weighted by molar-refractivity contribution is 5.92. The summed E-state index contributed by atoms with van der Waals surface area (Å²) >= 11 is 0. The van der Waals surface area contributed by atoms with Crippen LogP contribution in [0.25, 0.3) is 10.9 Å². The lowest BCUT2D eigenvalue weighted by molar-refractivity contribution is -0.118. The quantitative estimate of drug-likeness (QED) is 0.489. The van der Waals surface area contributed by atoms with Gasteiger partial charge in [0.2, 0.25) is 0 Å². The van der Waals surface area contributed by atoms with Gasteiger partial charge in [-0.2, -0.15) is 0 Å². The molecule has 1 aliphatic rings. The van der Waals surface area contributed by atoms with Gasteiger partial charge in [-0.3, -0.25) is 4.79 Å². The van der Waals surface area contributed by atoms with E-state index in [4.69, 9.17) is 9.72 Å². The monoisotopic (exact) mass is 427 g/mol. The molecule has 0 atom stereocenters. The Bertz CT molecular complexity index is 1290. The Labute approximate surface area is 185 Å². The van der Waals surface area contributed by atoms with Crippen LogP contribution < -0.4 is 15.0 Å². The fourth-order valence-electron chi connectivity index (χ4n) is 3.99. The number of carbonyl (C=O) groups is 1. The zero-order valence-corrected chi connectivity index (χ0v) is 17.4. The number of halogens is 1. The Hall–Kier alpha value is -3.93. The predicted molar refractivity (Wildman–Crippen MR) is 123 cm³/mol. The van der Waals surface area contributed by atoms with Crippen molar-refractivity contribution in [2.75, 3.05) is 23.4 Å². The second kappa shape index (κ2) is 8.67. The van der Waals surface area contributed by atoms with E-state index < -0.39 is 11.7 Å². The molecule has 160 valence electrons. The standard InChI is InChI=1S/C26H22FN3O2/c27-21-9-3-4-10-22(21)28-25(31)17-32-23-11-5-8-19-12-13-24(29-26(19)23)30-15-14-18-6-1-2-7-20(18)16-30/h1-13H,14-17H2,(H,28,31).